The Labute approximate surface area is 103 Å². The van der Waals surface area contributed by atoms with Gasteiger partial charge < -0.3 is 15.5 Å². The fourth-order valence-electron chi connectivity index (χ4n) is 1.63. The van der Waals surface area contributed by atoms with Gasteiger partial charge in [0.05, 0.1) is 17.9 Å². The molecule has 0 fully saturated rings. The first-order valence-corrected chi connectivity index (χ1v) is 5.77. The average Bonchev–Trinajstić information content (AvgIpc) is 2.26. The summed E-state index contributed by atoms with van der Waals surface area (Å²) in [5.74, 6) is 0.0758. The number of nitrogen functional groups attached to an aromatic ring is 1. The predicted octanol–water partition coefficient (Wildman–Crippen LogP) is 1.49. The van der Waals surface area contributed by atoms with E-state index in [2.05, 4.69) is 0 Å². The number of hydrogen-bond donors (Lipinski definition) is 1. The molecule has 0 atom stereocenters. The minimum Gasteiger partial charge on any atom is -0.397 e. The Bertz CT molecular complexity index is 402. The van der Waals surface area contributed by atoms with Crippen molar-refractivity contribution in [2.75, 3.05) is 37.8 Å². The van der Waals surface area contributed by atoms with E-state index >= 15 is 0 Å². The molecule has 0 heterocycles. The van der Waals surface area contributed by atoms with Gasteiger partial charge in [0.25, 0.3) is 0 Å². The molecule has 0 aliphatic rings. The van der Waals surface area contributed by atoms with Crippen LogP contribution in [0.5, 0.6) is 0 Å². The van der Waals surface area contributed by atoms with Crippen LogP contribution in [0.1, 0.15) is 12.5 Å². The van der Waals surface area contributed by atoms with Crippen molar-refractivity contribution in [3.8, 4) is 0 Å². The second kappa shape index (κ2) is 5.57. The van der Waals surface area contributed by atoms with Crippen LogP contribution in [0, 0.1) is 6.92 Å². The monoisotopic (exact) mass is 235 g/mol. The van der Waals surface area contributed by atoms with Crippen LogP contribution < -0.4 is 10.6 Å². The van der Waals surface area contributed by atoms with Crippen LogP contribution in [-0.4, -0.2) is 38.0 Å². The van der Waals surface area contributed by atoms with Gasteiger partial charge in [0.2, 0.25) is 5.91 Å². The van der Waals surface area contributed by atoms with Crippen LogP contribution in [0.15, 0.2) is 18.2 Å². The fraction of sp³-hybridized carbons (Fsp3) is 0.462. The lowest BCUT2D eigenvalue weighted by Crippen LogP contribution is -2.36. The normalized spacial score (nSPS) is 10.1. The standard InChI is InChI=1S/C13H21N3O/c1-5-16(9-13(17)15(3)4)12-7-6-10(2)8-11(12)14/h6-8H,5,9,14H2,1-4H3. The smallest absolute Gasteiger partial charge is 0.241 e. The number of anilines is 2. The predicted molar refractivity (Wildman–Crippen MR) is 72.2 cm³/mol. The van der Waals surface area contributed by atoms with Gasteiger partial charge in [-0.1, -0.05) is 6.07 Å². The number of rotatable bonds is 4. The van der Waals surface area contributed by atoms with E-state index < -0.39 is 0 Å². The molecule has 0 spiro atoms. The van der Waals surface area contributed by atoms with Crippen molar-refractivity contribution in [3.63, 3.8) is 0 Å². The topological polar surface area (TPSA) is 49.6 Å². The lowest BCUT2D eigenvalue weighted by atomic mass is 10.2. The zero-order valence-electron chi connectivity index (χ0n) is 11.0. The van der Waals surface area contributed by atoms with E-state index in [0.717, 1.165) is 23.5 Å². The summed E-state index contributed by atoms with van der Waals surface area (Å²) in [6.07, 6.45) is 0. The summed E-state index contributed by atoms with van der Waals surface area (Å²) in [4.78, 5) is 15.3. The zero-order valence-corrected chi connectivity index (χ0v) is 11.0. The average molecular weight is 235 g/mol. The Balaban J connectivity index is 2.90. The highest BCUT2D eigenvalue weighted by molar-refractivity contribution is 5.82. The van der Waals surface area contributed by atoms with Crippen LogP contribution >= 0.6 is 0 Å². The number of nitrogens with two attached hydrogens (primary N) is 1. The third-order valence-electron chi connectivity index (χ3n) is 2.73. The van der Waals surface area contributed by atoms with Crippen molar-refractivity contribution in [3.05, 3.63) is 23.8 Å². The lowest BCUT2D eigenvalue weighted by Gasteiger charge is -2.25. The molecular weight excluding hydrogens is 214 g/mol. The number of benzene rings is 1. The largest absolute Gasteiger partial charge is 0.397 e. The van der Waals surface area contributed by atoms with Crippen LogP contribution in [0.25, 0.3) is 0 Å². The van der Waals surface area contributed by atoms with E-state index in [1.54, 1.807) is 19.0 Å². The molecule has 4 heteroatoms. The summed E-state index contributed by atoms with van der Waals surface area (Å²) in [6, 6.07) is 5.91. The highest BCUT2D eigenvalue weighted by atomic mass is 16.2. The van der Waals surface area contributed by atoms with Gasteiger partial charge in [-0.3, -0.25) is 4.79 Å². The SMILES string of the molecule is CCN(CC(=O)N(C)C)c1ccc(C)cc1N. The molecule has 0 bridgehead atoms. The van der Waals surface area contributed by atoms with Gasteiger partial charge in [-0.05, 0) is 31.5 Å². The molecule has 1 amide bonds. The van der Waals surface area contributed by atoms with Gasteiger partial charge in [0.1, 0.15) is 0 Å². The molecule has 1 rings (SSSR count). The first kappa shape index (κ1) is 13.4. The maximum atomic E-state index is 11.7. The Morgan fingerprint density at radius 2 is 2.00 bits per heavy atom. The maximum absolute atomic E-state index is 11.7. The number of aryl methyl sites for hydroxylation is 1. The number of likely N-dealkylation sites (N-methyl/N-ethyl adjacent to an activating group) is 2. The van der Waals surface area contributed by atoms with Crippen molar-refractivity contribution < 1.29 is 4.79 Å². The fourth-order valence-corrected chi connectivity index (χ4v) is 1.63. The molecule has 1 aromatic rings. The highest BCUT2D eigenvalue weighted by Crippen LogP contribution is 2.23. The number of nitrogens with zero attached hydrogens (tertiary/aromatic N) is 2. The van der Waals surface area contributed by atoms with Gasteiger partial charge in [0, 0.05) is 20.6 Å². The van der Waals surface area contributed by atoms with E-state index in [1.165, 1.54) is 0 Å². The molecule has 4 nitrogen and oxygen atoms in total. The van der Waals surface area contributed by atoms with Crippen molar-refractivity contribution >= 4 is 17.3 Å². The summed E-state index contributed by atoms with van der Waals surface area (Å²) >= 11 is 0. The van der Waals surface area contributed by atoms with Gasteiger partial charge >= 0.3 is 0 Å². The van der Waals surface area contributed by atoms with Gasteiger partial charge in [-0.15, -0.1) is 0 Å². The van der Waals surface area contributed by atoms with Crippen LogP contribution in [0.2, 0.25) is 0 Å². The van der Waals surface area contributed by atoms with Gasteiger partial charge in [-0.2, -0.15) is 0 Å². The molecule has 0 saturated carbocycles. The first-order chi connectivity index (χ1) is 7.95. The van der Waals surface area contributed by atoms with E-state index in [1.807, 2.05) is 36.9 Å². The molecule has 17 heavy (non-hydrogen) atoms. The van der Waals surface area contributed by atoms with Crippen LogP contribution in [0.3, 0.4) is 0 Å². The van der Waals surface area contributed by atoms with Crippen LogP contribution in [0.4, 0.5) is 11.4 Å². The Kier molecular flexibility index (Phi) is 4.37. The van der Waals surface area contributed by atoms with Crippen LogP contribution in [-0.2, 0) is 4.79 Å². The zero-order chi connectivity index (χ0) is 13.0. The minimum atomic E-state index is 0.0758. The molecule has 0 saturated heterocycles. The van der Waals surface area contributed by atoms with E-state index in [4.69, 9.17) is 5.73 Å². The second-order valence-electron chi connectivity index (χ2n) is 4.36. The summed E-state index contributed by atoms with van der Waals surface area (Å²) in [6.45, 7) is 5.13. The van der Waals surface area contributed by atoms with E-state index in [-0.39, 0.29) is 5.91 Å². The molecule has 0 radical (unpaired) electrons. The molecule has 0 aliphatic heterocycles. The number of hydrogen-bond acceptors (Lipinski definition) is 3. The quantitative estimate of drug-likeness (QED) is 0.804. The maximum Gasteiger partial charge on any atom is 0.241 e. The molecule has 94 valence electrons. The molecule has 1 aromatic carbocycles. The number of amides is 1. The third-order valence-corrected chi connectivity index (χ3v) is 2.73. The Morgan fingerprint density at radius 3 is 2.47 bits per heavy atom. The lowest BCUT2D eigenvalue weighted by molar-refractivity contribution is -0.127. The second-order valence-corrected chi connectivity index (χ2v) is 4.36. The number of carbonyl (C=O) groups is 1. The summed E-state index contributed by atoms with van der Waals surface area (Å²) in [5, 5.41) is 0. The van der Waals surface area contributed by atoms with Crippen molar-refractivity contribution in [1.29, 1.82) is 0 Å². The summed E-state index contributed by atoms with van der Waals surface area (Å²) in [5.41, 5.74) is 8.75. The van der Waals surface area contributed by atoms with Gasteiger partial charge in [0.15, 0.2) is 0 Å². The van der Waals surface area contributed by atoms with Gasteiger partial charge in [-0.25, -0.2) is 0 Å². The first-order valence-electron chi connectivity index (χ1n) is 5.77. The van der Waals surface area contributed by atoms with E-state index in [0.29, 0.717) is 6.54 Å². The molecule has 0 aromatic heterocycles. The van der Waals surface area contributed by atoms with Crippen molar-refractivity contribution in [2.24, 2.45) is 0 Å². The molecule has 2 N–H and O–H groups in total. The van der Waals surface area contributed by atoms with E-state index in [9.17, 15) is 4.79 Å². The Hall–Kier alpha value is -1.71. The molecule has 0 unspecified atom stereocenters. The molecular formula is C13H21N3O. The number of carbonyl (C=O) groups excluding carboxylic acids is 1. The third kappa shape index (κ3) is 3.37. The summed E-state index contributed by atoms with van der Waals surface area (Å²) < 4.78 is 0. The molecule has 0 aliphatic carbocycles. The highest BCUT2D eigenvalue weighted by Gasteiger charge is 2.13. The van der Waals surface area contributed by atoms with Crippen molar-refractivity contribution in [2.45, 2.75) is 13.8 Å². The minimum absolute atomic E-state index is 0.0758. The summed E-state index contributed by atoms with van der Waals surface area (Å²) in [7, 11) is 3.52. The van der Waals surface area contributed by atoms with Crippen molar-refractivity contribution in [1.82, 2.24) is 4.90 Å². The Morgan fingerprint density at radius 1 is 1.35 bits per heavy atom.